The lowest BCUT2D eigenvalue weighted by atomic mass is 10.1. The number of amides is 1. The Labute approximate surface area is 200 Å². The molecule has 0 fully saturated rings. The third kappa shape index (κ3) is 5.15. The summed E-state index contributed by atoms with van der Waals surface area (Å²) >= 11 is 14.3. The van der Waals surface area contributed by atoms with Crippen LogP contribution in [0, 0.1) is 6.92 Å². The van der Waals surface area contributed by atoms with E-state index in [-0.39, 0.29) is 12.5 Å². The van der Waals surface area contributed by atoms with E-state index in [2.05, 4.69) is 34.6 Å². The van der Waals surface area contributed by atoms with Crippen molar-refractivity contribution in [3.05, 3.63) is 105 Å². The highest BCUT2D eigenvalue weighted by atomic mass is 35.5. The monoisotopic (exact) mass is 482 g/mol. The van der Waals surface area contributed by atoms with Crippen molar-refractivity contribution in [3.63, 3.8) is 0 Å². The molecule has 0 radical (unpaired) electrons. The summed E-state index contributed by atoms with van der Waals surface area (Å²) in [6.45, 7) is 2.27. The maximum Gasteiger partial charge on any atom is 0.251 e. The van der Waals surface area contributed by atoms with Gasteiger partial charge in [-0.3, -0.25) is 9.36 Å². The highest BCUT2D eigenvalue weighted by Crippen LogP contribution is 2.31. The lowest BCUT2D eigenvalue weighted by Crippen LogP contribution is -2.24. The van der Waals surface area contributed by atoms with Crippen LogP contribution in [-0.2, 0) is 12.3 Å². The fourth-order valence-electron chi connectivity index (χ4n) is 3.17. The third-order valence-electron chi connectivity index (χ3n) is 4.91. The molecule has 0 saturated carbocycles. The summed E-state index contributed by atoms with van der Waals surface area (Å²) in [5.74, 6) is 1.09. The summed E-state index contributed by atoms with van der Waals surface area (Å²) in [4.78, 5) is 12.5. The minimum absolute atomic E-state index is 0.188. The van der Waals surface area contributed by atoms with Crippen molar-refractivity contribution in [2.75, 3.05) is 0 Å². The molecular weight excluding hydrogens is 463 g/mol. The molecule has 1 heterocycles. The standard InChI is InChI=1S/C24H20Cl2N4OS/c1-16-7-5-6-10-18(16)15-32-24-29-28-22(14-27-23(31)17-8-3-2-4-9-17)30(24)21-13-19(25)11-12-20(21)26/h2-13H,14-15H2,1H3,(H,27,31). The number of benzene rings is 3. The number of thioether (sulfide) groups is 1. The summed E-state index contributed by atoms with van der Waals surface area (Å²) in [6, 6.07) is 22.5. The highest BCUT2D eigenvalue weighted by molar-refractivity contribution is 7.98. The maximum absolute atomic E-state index is 12.5. The molecule has 1 N–H and O–H groups in total. The minimum atomic E-state index is -0.188. The summed E-state index contributed by atoms with van der Waals surface area (Å²) in [6.07, 6.45) is 0. The van der Waals surface area contributed by atoms with Crippen LogP contribution in [0.3, 0.4) is 0 Å². The molecule has 0 unspecified atom stereocenters. The number of rotatable bonds is 7. The first kappa shape index (κ1) is 22.4. The van der Waals surface area contributed by atoms with Crippen molar-refractivity contribution in [2.45, 2.75) is 24.4 Å². The van der Waals surface area contributed by atoms with Gasteiger partial charge < -0.3 is 5.32 Å². The molecule has 1 aromatic heterocycles. The minimum Gasteiger partial charge on any atom is -0.345 e. The third-order valence-corrected chi connectivity index (χ3v) is 6.44. The van der Waals surface area contributed by atoms with Gasteiger partial charge in [-0.1, -0.05) is 77.4 Å². The summed E-state index contributed by atoms with van der Waals surface area (Å²) in [7, 11) is 0. The van der Waals surface area contributed by atoms with Gasteiger partial charge in [-0.2, -0.15) is 0 Å². The number of hydrogen-bond acceptors (Lipinski definition) is 4. The summed E-state index contributed by atoms with van der Waals surface area (Å²) in [5, 5.41) is 13.4. The van der Waals surface area contributed by atoms with Gasteiger partial charge in [0.05, 0.1) is 17.3 Å². The van der Waals surface area contributed by atoms with E-state index in [1.165, 1.54) is 11.1 Å². The van der Waals surface area contributed by atoms with Crippen molar-refractivity contribution in [3.8, 4) is 5.69 Å². The molecule has 0 spiro atoms. The number of carbonyl (C=O) groups excluding carboxylic acids is 1. The molecular formula is C24H20Cl2N4OS. The smallest absolute Gasteiger partial charge is 0.251 e. The molecule has 0 aliphatic carbocycles. The zero-order valence-corrected chi connectivity index (χ0v) is 19.6. The second-order valence-corrected chi connectivity index (χ2v) is 8.88. The second-order valence-electron chi connectivity index (χ2n) is 7.09. The Morgan fingerprint density at radius 3 is 2.53 bits per heavy atom. The number of aryl methyl sites for hydroxylation is 1. The number of halogens is 2. The normalized spacial score (nSPS) is 10.8. The first-order chi connectivity index (χ1) is 15.5. The lowest BCUT2D eigenvalue weighted by molar-refractivity contribution is 0.0949. The van der Waals surface area contributed by atoms with Gasteiger partial charge in [0.1, 0.15) is 0 Å². The van der Waals surface area contributed by atoms with Crippen LogP contribution in [0.5, 0.6) is 0 Å². The van der Waals surface area contributed by atoms with E-state index in [0.717, 1.165) is 5.75 Å². The Morgan fingerprint density at radius 1 is 1.00 bits per heavy atom. The molecule has 0 bridgehead atoms. The topological polar surface area (TPSA) is 59.8 Å². The highest BCUT2D eigenvalue weighted by Gasteiger charge is 2.18. The quantitative estimate of drug-likeness (QED) is 0.323. The van der Waals surface area contributed by atoms with E-state index in [9.17, 15) is 4.79 Å². The predicted octanol–water partition coefficient (Wildman–Crippen LogP) is 6.10. The van der Waals surface area contributed by atoms with E-state index >= 15 is 0 Å². The van der Waals surface area contributed by atoms with E-state index in [0.29, 0.717) is 32.3 Å². The van der Waals surface area contributed by atoms with Crippen molar-refractivity contribution in [2.24, 2.45) is 0 Å². The number of carbonyl (C=O) groups is 1. The molecule has 0 aliphatic rings. The molecule has 1 amide bonds. The zero-order chi connectivity index (χ0) is 22.5. The van der Waals surface area contributed by atoms with Gasteiger partial charge in [0.25, 0.3) is 5.91 Å². The first-order valence-corrected chi connectivity index (χ1v) is 11.7. The Balaban J connectivity index is 1.63. The summed E-state index contributed by atoms with van der Waals surface area (Å²) in [5.41, 5.74) is 3.67. The average molecular weight is 483 g/mol. The van der Waals surface area contributed by atoms with Crippen LogP contribution in [0.25, 0.3) is 5.69 Å². The van der Waals surface area contributed by atoms with E-state index < -0.39 is 0 Å². The maximum atomic E-state index is 12.5. The molecule has 0 aliphatic heterocycles. The number of nitrogens with one attached hydrogen (secondary N) is 1. The summed E-state index contributed by atoms with van der Waals surface area (Å²) < 4.78 is 1.85. The van der Waals surface area contributed by atoms with Gasteiger partial charge in [-0.05, 0) is 48.4 Å². The number of hydrogen-bond donors (Lipinski definition) is 1. The van der Waals surface area contributed by atoms with Crippen molar-refractivity contribution in [1.82, 2.24) is 20.1 Å². The first-order valence-electron chi connectivity index (χ1n) is 9.93. The van der Waals surface area contributed by atoms with Crippen molar-refractivity contribution >= 4 is 40.9 Å². The Morgan fingerprint density at radius 2 is 1.75 bits per heavy atom. The fraction of sp³-hybridized carbons (Fsp3) is 0.125. The zero-order valence-electron chi connectivity index (χ0n) is 17.3. The van der Waals surface area contributed by atoms with Gasteiger partial charge in [-0.25, -0.2) is 0 Å². The van der Waals surface area contributed by atoms with Gasteiger partial charge >= 0.3 is 0 Å². The molecule has 4 rings (SSSR count). The van der Waals surface area contributed by atoms with Crippen LogP contribution in [0.15, 0.2) is 78.0 Å². The SMILES string of the molecule is Cc1ccccc1CSc1nnc(CNC(=O)c2ccccc2)n1-c1cc(Cl)ccc1Cl. The molecule has 8 heteroatoms. The lowest BCUT2D eigenvalue weighted by Gasteiger charge is -2.13. The van der Waals surface area contributed by atoms with Crippen molar-refractivity contribution in [1.29, 1.82) is 0 Å². The molecule has 5 nitrogen and oxygen atoms in total. The molecule has 32 heavy (non-hydrogen) atoms. The second kappa shape index (κ2) is 10.2. The molecule has 4 aromatic rings. The Bertz CT molecular complexity index is 1240. The Hall–Kier alpha value is -2.80. The molecule has 0 atom stereocenters. The van der Waals surface area contributed by atoms with Crippen LogP contribution in [-0.4, -0.2) is 20.7 Å². The van der Waals surface area contributed by atoms with E-state index in [1.807, 2.05) is 34.9 Å². The Kier molecular flexibility index (Phi) is 7.15. The van der Waals surface area contributed by atoms with Gasteiger partial charge in [0.15, 0.2) is 11.0 Å². The largest absolute Gasteiger partial charge is 0.345 e. The van der Waals surface area contributed by atoms with Crippen molar-refractivity contribution < 1.29 is 4.79 Å². The van der Waals surface area contributed by atoms with Crippen LogP contribution in [0.2, 0.25) is 10.0 Å². The average Bonchev–Trinajstić information content (AvgIpc) is 3.21. The van der Waals surface area contributed by atoms with Crippen LogP contribution >= 0.6 is 35.0 Å². The van der Waals surface area contributed by atoms with Crippen LogP contribution < -0.4 is 5.32 Å². The van der Waals surface area contributed by atoms with Crippen LogP contribution in [0.4, 0.5) is 0 Å². The fourth-order valence-corrected chi connectivity index (χ4v) is 4.58. The number of nitrogens with zero attached hydrogens (tertiary/aromatic N) is 3. The van der Waals surface area contributed by atoms with E-state index in [1.54, 1.807) is 42.1 Å². The molecule has 162 valence electrons. The van der Waals surface area contributed by atoms with E-state index in [4.69, 9.17) is 23.2 Å². The van der Waals surface area contributed by atoms with Crippen LogP contribution in [0.1, 0.15) is 27.3 Å². The molecule has 3 aromatic carbocycles. The predicted molar refractivity (Wildman–Crippen MR) is 130 cm³/mol. The van der Waals surface area contributed by atoms with Gasteiger partial charge in [0.2, 0.25) is 0 Å². The molecule has 0 saturated heterocycles. The number of aromatic nitrogens is 3. The van der Waals surface area contributed by atoms with Gasteiger partial charge in [0, 0.05) is 16.3 Å². The van der Waals surface area contributed by atoms with Gasteiger partial charge in [-0.15, -0.1) is 10.2 Å².